The number of nitrogens with zero attached hydrogens (tertiary/aromatic N) is 4. The number of nitriles is 1. The van der Waals surface area contributed by atoms with Crippen molar-refractivity contribution in [3.05, 3.63) is 30.0 Å². The molecule has 0 aliphatic heterocycles. The van der Waals surface area contributed by atoms with Crippen LogP contribution in [0.25, 0.3) is 11.3 Å². The Morgan fingerprint density at radius 1 is 1.32 bits per heavy atom. The van der Waals surface area contributed by atoms with Crippen molar-refractivity contribution >= 4 is 0 Å². The Bertz CT molecular complexity index is 593. The van der Waals surface area contributed by atoms with Gasteiger partial charge in [-0.2, -0.15) is 5.26 Å². The summed E-state index contributed by atoms with van der Waals surface area (Å²) in [6.45, 7) is 4.94. The van der Waals surface area contributed by atoms with Crippen molar-refractivity contribution in [2.45, 2.75) is 20.4 Å². The first-order valence-corrected chi connectivity index (χ1v) is 6.13. The van der Waals surface area contributed by atoms with Gasteiger partial charge in [-0.3, -0.25) is 0 Å². The number of benzene rings is 1. The third-order valence-corrected chi connectivity index (χ3v) is 2.74. The normalized spacial score (nSPS) is 10.5. The highest BCUT2D eigenvalue weighted by atomic mass is 16.5. The summed E-state index contributed by atoms with van der Waals surface area (Å²) < 4.78 is 6.92. The number of aromatic nitrogens is 3. The van der Waals surface area contributed by atoms with E-state index in [-0.39, 0.29) is 0 Å². The Morgan fingerprint density at radius 3 is 2.53 bits per heavy atom. The lowest BCUT2D eigenvalue weighted by molar-refractivity contribution is 0.415. The molecule has 0 bridgehead atoms. The summed E-state index contributed by atoms with van der Waals surface area (Å²) in [7, 11) is 1.63. The minimum absolute atomic E-state index is 0.353. The van der Waals surface area contributed by atoms with E-state index in [9.17, 15) is 0 Å². The molecule has 1 heterocycles. The molecule has 2 aromatic rings. The fraction of sp³-hybridized carbons (Fsp3) is 0.357. The van der Waals surface area contributed by atoms with Gasteiger partial charge < -0.3 is 4.74 Å². The molecule has 0 aliphatic rings. The first-order valence-electron chi connectivity index (χ1n) is 6.13. The zero-order valence-electron chi connectivity index (χ0n) is 11.3. The highest BCUT2D eigenvalue weighted by molar-refractivity contribution is 5.65. The van der Waals surface area contributed by atoms with Gasteiger partial charge in [0.15, 0.2) is 5.69 Å². The molecule has 2 rings (SSSR count). The van der Waals surface area contributed by atoms with Crippen LogP contribution in [-0.4, -0.2) is 22.1 Å². The summed E-state index contributed by atoms with van der Waals surface area (Å²) in [5.74, 6) is 1.22. The predicted octanol–water partition coefficient (Wildman–Crippen LogP) is 2.48. The van der Waals surface area contributed by atoms with Crippen LogP contribution in [0.5, 0.6) is 5.75 Å². The van der Waals surface area contributed by atoms with Crippen LogP contribution in [0.2, 0.25) is 0 Å². The Labute approximate surface area is 112 Å². The van der Waals surface area contributed by atoms with E-state index >= 15 is 0 Å². The molecule has 0 saturated heterocycles. The van der Waals surface area contributed by atoms with Gasteiger partial charge in [0.05, 0.1) is 7.11 Å². The summed E-state index contributed by atoms with van der Waals surface area (Å²) in [4.78, 5) is 0. The monoisotopic (exact) mass is 256 g/mol. The minimum atomic E-state index is 0.353. The van der Waals surface area contributed by atoms with E-state index in [4.69, 9.17) is 10.00 Å². The van der Waals surface area contributed by atoms with E-state index in [2.05, 4.69) is 30.2 Å². The van der Waals surface area contributed by atoms with Crippen molar-refractivity contribution in [1.29, 1.82) is 5.26 Å². The van der Waals surface area contributed by atoms with Crippen LogP contribution in [-0.2, 0) is 6.54 Å². The summed E-state index contributed by atoms with van der Waals surface area (Å²) in [5, 5.41) is 17.1. The second kappa shape index (κ2) is 5.53. The van der Waals surface area contributed by atoms with Crippen LogP contribution in [0.1, 0.15) is 19.5 Å². The smallest absolute Gasteiger partial charge is 0.190 e. The number of ether oxygens (including phenoxy) is 1. The highest BCUT2D eigenvalue weighted by Crippen LogP contribution is 2.24. The molecule has 0 unspecified atom stereocenters. The van der Waals surface area contributed by atoms with Crippen molar-refractivity contribution in [3.8, 4) is 23.1 Å². The van der Waals surface area contributed by atoms with Crippen molar-refractivity contribution in [2.24, 2.45) is 5.92 Å². The highest BCUT2D eigenvalue weighted by Gasteiger charge is 2.15. The Kier molecular flexibility index (Phi) is 3.81. The van der Waals surface area contributed by atoms with Gasteiger partial charge >= 0.3 is 0 Å². The van der Waals surface area contributed by atoms with E-state index in [1.54, 1.807) is 11.8 Å². The van der Waals surface area contributed by atoms with Crippen LogP contribution in [0.3, 0.4) is 0 Å². The zero-order valence-corrected chi connectivity index (χ0v) is 11.3. The molecule has 5 heteroatoms. The van der Waals surface area contributed by atoms with E-state index in [0.29, 0.717) is 11.6 Å². The van der Waals surface area contributed by atoms with Gasteiger partial charge in [0, 0.05) is 12.1 Å². The number of methoxy groups -OCH3 is 1. The molecule has 0 spiro atoms. The Hall–Kier alpha value is -2.35. The van der Waals surface area contributed by atoms with Crippen LogP contribution < -0.4 is 4.74 Å². The van der Waals surface area contributed by atoms with Crippen molar-refractivity contribution < 1.29 is 4.74 Å². The molecule has 0 saturated carbocycles. The minimum Gasteiger partial charge on any atom is -0.497 e. The van der Waals surface area contributed by atoms with E-state index < -0.39 is 0 Å². The van der Waals surface area contributed by atoms with Crippen LogP contribution in [0.15, 0.2) is 24.3 Å². The molecule has 0 radical (unpaired) electrons. The number of rotatable bonds is 4. The quantitative estimate of drug-likeness (QED) is 0.843. The van der Waals surface area contributed by atoms with Crippen molar-refractivity contribution in [3.63, 3.8) is 0 Å². The Balaban J connectivity index is 2.46. The SMILES string of the molecule is COc1ccc(-c2c(C#N)nnn2CC(C)C)cc1. The topological polar surface area (TPSA) is 63.7 Å². The Morgan fingerprint density at radius 2 is 2.00 bits per heavy atom. The molecule has 98 valence electrons. The molecule has 1 aromatic heterocycles. The molecule has 0 amide bonds. The van der Waals surface area contributed by atoms with Crippen molar-refractivity contribution in [2.75, 3.05) is 7.11 Å². The van der Waals surface area contributed by atoms with Crippen LogP contribution >= 0.6 is 0 Å². The summed E-state index contributed by atoms with van der Waals surface area (Å²) in [5.41, 5.74) is 2.03. The lowest BCUT2D eigenvalue weighted by Gasteiger charge is -2.09. The molecule has 19 heavy (non-hydrogen) atoms. The van der Waals surface area contributed by atoms with Gasteiger partial charge in [0.2, 0.25) is 0 Å². The van der Waals surface area contributed by atoms with Gasteiger partial charge in [0.1, 0.15) is 17.5 Å². The molecule has 0 N–H and O–H groups in total. The second-order valence-corrected chi connectivity index (χ2v) is 4.70. The van der Waals surface area contributed by atoms with E-state index in [1.165, 1.54) is 0 Å². The first kappa shape index (κ1) is 13.1. The largest absolute Gasteiger partial charge is 0.497 e. The van der Waals surface area contributed by atoms with Crippen molar-refractivity contribution in [1.82, 2.24) is 15.0 Å². The standard InChI is InChI=1S/C14H16N4O/c1-10(2)9-18-14(13(8-15)16-17-18)11-4-6-12(19-3)7-5-11/h4-7,10H,9H2,1-3H3. The zero-order chi connectivity index (χ0) is 13.8. The number of hydrogen-bond acceptors (Lipinski definition) is 4. The first-order chi connectivity index (χ1) is 9.15. The molecule has 5 nitrogen and oxygen atoms in total. The summed E-state index contributed by atoms with van der Waals surface area (Å²) in [6, 6.07) is 9.64. The molecule has 0 fully saturated rings. The van der Waals surface area contributed by atoms with Gasteiger partial charge in [-0.05, 0) is 30.2 Å². The molecule has 1 aromatic carbocycles. The fourth-order valence-corrected chi connectivity index (χ4v) is 1.90. The van der Waals surface area contributed by atoms with Gasteiger partial charge in [-0.15, -0.1) is 5.10 Å². The number of hydrogen-bond donors (Lipinski definition) is 0. The molecule has 0 atom stereocenters. The molecule has 0 aliphatic carbocycles. The molecular formula is C14H16N4O. The third kappa shape index (κ3) is 2.74. The lowest BCUT2D eigenvalue weighted by Crippen LogP contribution is -2.08. The third-order valence-electron chi connectivity index (χ3n) is 2.74. The van der Waals surface area contributed by atoms with E-state index in [0.717, 1.165) is 23.6 Å². The van der Waals surface area contributed by atoms with E-state index in [1.807, 2.05) is 24.3 Å². The summed E-state index contributed by atoms with van der Waals surface area (Å²) >= 11 is 0. The average Bonchev–Trinajstić information content (AvgIpc) is 2.81. The fourth-order valence-electron chi connectivity index (χ4n) is 1.90. The maximum absolute atomic E-state index is 9.14. The maximum Gasteiger partial charge on any atom is 0.190 e. The van der Waals surface area contributed by atoms with Gasteiger partial charge in [-0.1, -0.05) is 19.1 Å². The predicted molar refractivity (Wildman–Crippen MR) is 71.6 cm³/mol. The second-order valence-electron chi connectivity index (χ2n) is 4.70. The average molecular weight is 256 g/mol. The van der Waals surface area contributed by atoms with Gasteiger partial charge in [-0.25, -0.2) is 4.68 Å². The maximum atomic E-state index is 9.14. The molecular weight excluding hydrogens is 240 g/mol. The lowest BCUT2D eigenvalue weighted by atomic mass is 10.1. The summed E-state index contributed by atoms with van der Waals surface area (Å²) in [6.07, 6.45) is 0. The van der Waals surface area contributed by atoms with Crippen LogP contribution in [0.4, 0.5) is 0 Å². The van der Waals surface area contributed by atoms with Gasteiger partial charge in [0.25, 0.3) is 0 Å². The van der Waals surface area contributed by atoms with Crippen LogP contribution in [0, 0.1) is 17.2 Å².